The quantitative estimate of drug-likeness (QED) is 0.578. The van der Waals surface area contributed by atoms with Crippen molar-refractivity contribution in [2.45, 2.75) is 59.2 Å². The molecule has 2 aromatic carbocycles. The highest BCUT2D eigenvalue weighted by Crippen LogP contribution is 2.31. The topological polar surface area (TPSA) is 16.4 Å². The number of rotatable bonds is 2. The second kappa shape index (κ2) is 5.38. The Morgan fingerprint density at radius 3 is 2.04 bits per heavy atom. The SMILES string of the molecule is CC(C)(C)N(Cc1ccc2oc3ccccc3c2c1)C(C)(C)C. The number of hydrogen-bond acceptors (Lipinski definition) is 2. The molecule has 0 radical (unpaired) electrons. The van der Waals surface area contributed by atoms with E-state index in [1.807, 2.05) is 12.1 Å². The van der Waals surface area contributed by atoms with Gasteiger partial charge >= 0.3 is 0 Å². The van der Waals surface area contributed by atoms with Crippen molar-refractivity contribution >= 4 is 21.9 Å². The molecule has 2 nitrogen and oxygen atoms in total. The average Bonchev–Trinajstić information content (AvgIpc) is 2.80. The van der Waals surface area contributed by atoms with Crippen molar-refractivity contribution in [3.05, 3.63) is 48.0 Å². The Labute approximate surface area is 139 Å². The van der Waals surface area contributed by atoms with E-state index in [0.29, 0.717) is 0 Å². The summed E-state index contributed by atoms with van der Waals surface area (Å²) in [5.74, 6) is 0. The molecule has 0 unspecified atom stereocenters. The number of para-hydroxylation sites is 1. The predicted molar refractivity (Wildman–Crippen MR) is 98.8 cm³/mol. The summed E-state index contributed by atoms with van der Waals surface area (Å²) >= 11 is 0. The van der Waals surface area contributed by atoms with Crippen LogP contribution in [0.2, 0.25) is 0 Å². The number of fused-ring (bicyclic) bond motifs is 3. The van der Waals surface area contributed by atoms with E-state index in [9.17, 15) is 0 Å². The highest BCUT2D eigenvalue weighted by atomic mass is 16.3. The molecule has 1 aromatic heterocycles. The van der Waals surface area contributed by atoms with E-state index in [1.54, 1.807) is 0 Å². The van der Waals surface area contributed by atoms with Gasteiger partial charge in [0.1, 0.15) is 11.2 Å². The van der Waals surface area contributed by atoms with Gasteiger partial charge in [-0.15, -0.1) is 0 Å². The molecular weight excluding hydrogens is 282 g/mol. The van der Waals surface area contributed by atoms with Gasteiger partial charge < -0.3 is 4.42 Å². The molecule has 0 saturated carbocycles. The van der Waals surface area contributed by atoms with Crippen molar-refractivity contribution in [2.75, 3.05) is 0 Å². The molecule has 0 spiro atoms. The zero-order valence-electron chi connectivity index (χ0n) is 15.1. The third-order valence-electron chi connectivity index (χ3n) is 4.40. The van der Waals surface area contributed by atoms with Crippen molar-refractivity contribution in [1.82, 2.24) is 4.90 Å². The van der Waals surface area contributed by atoms with Crippen LogP contribution < -0.4 is 0 Å². The second-order valence-corrected chi connectivity index (χ2v) is 8.36. The Morgan fingerprint density at radius 1 is 0.783 bits per heavy atom. The zero-order chi connectivity index (χ0) is 16.8. The lowest BCUT2D eigenvalue weighted by Gasteiger charge is -2.45. The Balaban J connectivity index is 2.04. The summed E-state index contributed by atoms with van der Waals surface area (Å²) in [5, 5.41) is 2.41. The molecule has 1 heterocycles. The van der Waals surface area contributed by atoms with E-state index < -0.39 is 0 Å². The minimum Gasteiger partial charge on any atom is -0.456 e. The van der Waals surface area contributed by atoms with Crippen molar-refractivity contribution in [3.63, 3.8) is 0 Å². The number of benzene rings is 2. The zero-order valence-corrected chi connectivity index (χ0v) is 15.1. The molecule has 2 heteroatoms. The third kappa shape index (κ3) is 3.13. The van der Waals surface area contributed by atoms with Crippen LogP contribution in [0.4, 0.5) is 0 Å². The van der Waals surface area contributed by atoms with Crippen LogP contribution in [-0.2, 0) is 6.54 Å². The van der Waals surface area contributed by atoms with Gasteiger partial charge in [0.2, 0.25) is 0 Å². The molecule has 0 fully saturated rings. The summed E-state index contributed by atoms with van der Waals surface area (Å²) in [7, 11) is 0. The maximum absolute atomic E-state index is 5.93. The molecule has 0 aliphatic rings. The fourth-order valence-electron chi connectivity index (χ4n) is 3.53. The minimum absolute atomic E-state index is 0.117. The predicted octanol–water partition coefficient (Wildman–Crippen LogP) is 5.99. The lowest BCUT2D eigenvalue weighted by molar-refractivity contribution is 0.0299. The normalized spacial score (nSPS) is 13.3. The first-order valence-corrected chi connectivity index (χ1v) is 8.34. The van der Waals surface area contributed by atoms with Gasteiger partial charge in [-0.1, -0.05) is 24.3 Å². The van der Waals surface area contributed by atoms with Crippen LogP contribution in [0.3, 0.4) is 0 Å². The van der Waals surface area contributed by atoms with E-state index in [-0.39, 0.29) is 11.1 Å². The second-order valence-electron chi connectivity index (χ2n) is 8.36. The van der Waals surface area contributed by atoms with Crippen LogP contribution in [0, 0.1) is 0 Å². The Bertz CT molecular complexity index is 816. The molecule has 0 bridgehead atoms. The summed E-state index contributed by atoms with van der Waals surface area (Å²) in [6.45, 7) is 14.6. The molecule has 122 valence electrons. The Hall–Kier alpha value is -1.80. The van der Waals surface area contributed by atoms with Gasteiger partial charge in [0, 0.05) is 28.4 Å². The van der Waals surface area contributed by atoms with Crippen molar-refractivity contribution in [3.8, 4) is 0 Å². The standard InChI is InChI=1S/C21H27NO/c1-20(2,3)22(21(4,5)6)14-15-11-12-19-17(13-15)16-9-7-8-10-18(16)23-19/h7-13H,14H2,1-6H3. The minimum atomic E-state index is 0.117. The van der Waals surface area contributed by atoms with Crippen LogP contribution >= 0.6 is 0 Å². The van der Waals surface area contributed by atoms with Gasteiger partial charge in [0.25, 0.3) is 0 Å². The average molecular weight is 309 g/mol. The summed E-state index contributed by atoms with van der Waals surface area (Å²) in [6.07, 6.45) is 0. The molecule has 0 aliphatic carbocycles. The molecule has 0 amide bonds. The van der Waals surface area contributed by atoms with Gasteiger partial charge in [0.15, 0.2) is 0 Å². The first kappa shape index (κ1) is 16.1. The fourth-order valence-corrected chi connectivity index (χ4v) is 3.53. The highest BCUT2D eigenvalue weighted by Gasteiger charge is 2.31. The van der Waals surface area contributed by atoms with Gasteiger partial charge in [-0.3, -0.25) is 4.90 Å². The van der Waals surface area contributed by atoms with Crippen molar-refractivity contribution < 1.29 is 4.42 Å². The highest BCUT2D eigenvalue weighted by molar-refractivity contribution is 6.04. The maximum atomic E-state index is 5.93. The van der Waals surface area contributed by atoms with Crippen molar-refractivity contribution in [1.29, 1.82) is 0 Å². The van der Waals surface area contributed by atoms with Crippen LogP contribution in [0.15, 0.2) is 46.9 Å². The molecule has 0 saturated heterocycles. The van der Waals surface area contributed by atoms with Crippen LogP contribution in [0.25, 0.3) is 21.9 Å². The Kier molecular flexibility index (Phi) is 3.76. The van der Waals surface area contributed by atoms with Crippen LogP contribution in [-0.4, -0.2) is 16.0 Å². The summed E-state index contributed by atoms with van der Waals surface area (Å²) in [6, 6.07) is 14.8. The first-order valence-electron chi connectivity index (χ1n) is 8.34. The lowest BCUT2D eigenvalue weighted by atomic mass is 9.94. The number of furan rings is 1. The summed E-state index contributed by atoms with van der Waals surface area (Å²) < 4.78 is 5.93. The number of hydrogen-bond donors (Lipinski definition) is 0. The van der Waals surface area contributed by atoms with Crippen LogP contribution in [0.5, 0.6) is 0 Å². The van der Waals surface area contributed by atoms with Gasteiger partial charge in [0.05, 0.1) is 0 Å². The molecular formula is C21H27NO. The Morgan fingerprint density at radius 2 is 1.39 bits per heavy atom. The van der Waals surface area contributed by atoms with E-state index in [2.05, 4.69) is 76.8 Å². The molecule has 23 heavy (non-hydrogen) atoms. The van der Waals surface area contributed by atoms with Crippen molar-refractivity contribution in [2.24, 2.45) is 0 Å². The molecule has 0 N–H and O–H groups in total. The monoisotopic (exact) mass is 309 g/mol. The smallest absolute Gasteiger partial charge is 0.135 e. The summed E-state index contributed by atoms with van der Waals surface area (Å²) in [4.78, 5) is 2.55. The van der Waals surface area contributed by atoms with E-state index >= 15 is 0 Å². The maximum Gasteiger partial charge on any atom is 0.135 e. The molecule has 0 aliphatic heterocycles. The third-order valence-corrected chi connectivity index (χ3v) is 4.40. The van der Waals surface area contributed by atoms with Gasteiger partial charge in [-0.05, 0) is 65.3 Å². The van der Waals surface area contributed by atoms with E-state index in [0.717, 1.165) is 17.7 Å². The largest absolute Gasteiger partial charge is 0.456 e. The van der Waals surface area contributed by atoms with Crippen LogP contribution in [0.1, 0.15) is 47.1 Å². The van der Waals surface area contributed by atoms with Gasteiger partial charge in [-0.25, -0.2) is 0 Å². The lowest BCUT2D eigenvalue weighted by Crippen LogP contribution is -2.51. The van der Waals surface area contributed by atoms with E-state index in [4.69, 9.17) is 4.42 Å². The van der Waals surface area contributed by atoms with E-state index in [1.165, 1.54) is 16.3 Å². The summed E-state index contributed by atoms with van der Waals surface area (Å²) in [5.41, 5.74) is 3.49. The molecule has 3 aromatic rings. The molecule has 3 rings (SSSR count). The molecule has 0 atom stereocenters. The van der Waals surface area contributed by atoms with Gasteiger partial charge in [-0.2, -0.15) is 0 Å². The first-order chi connectivity index (χ1) is 10.7. The number of nitrogens with zero attached hydrogens (tertiary/aromatic N) is 1. The fraction of sp³-hybridized carbons (Fsp3) is 0.429.